The van der Waals surface area contributed by atoms with Crippen LogP contribution >= 0.6 is 0 Å². The van der Waals surface area contributed by atoms with Crippen molar-refractivity contribution in [2.24, 2.45) is 0 Å². The summed E-state index contributed by atoms with van der Waals surface area (Å²) in [5.41, 5.74) is 6.63. The van der Waals surface area contributed by atoms with Crippen molar-refractivity contribution < 1.29 is 9.84 Å². The SMILES string of the molecule is CCc1cc(C(C)(C)C)cc(Cc2cc(C(C)(C)C)cc(C)c2OCCCC#N)c1O. The van der Waals surface area contributed by atoms with Crippen molar-refractivity contribution in [2.45, 2.75) is 91.9 Å². The molecule has 0 saturated heterocycles. The second kappa shape index (κ2) is 9.77. The predicted molar refractivity (Wildman–Crippen MR) is 129 cm³/mol. The van der Waals surface area contributed by atoms with Crippen LogP contribution in [0.1, 0.15) is 94.7 Å². The van der Waals surface area contributed by atoms with Gasteiger partial charge in [-0.25, -0.2) is 0 Å². The van der Waals surface area contributed by atoms with Gasteiger partial charge in [0.15, 0.2) is 0 Å². The van der Waals surface area contributed by atoms with Crippen LogP contribution in [-0.4, -0.2) is 11.7 Å². The van der Waals surface area contributed by atoms with E-state index in [-0.39, 0.29) is 10.8 Å². The van der Waals surface area contributed by atoms with Gasteiger partial charge in [-0.3, -0.25) is 0 Å². The maximum Gasteiger partial charge on any atom is 0.125 e. The Morgan fingerprint density at radius 1 is 0.903 bits per heavy atom. The van der Waals surface area contributed by atoms with E-state index in [0.717, 1.165) is 34.4 Å². The van der Waals surface area contributed by atoms with Gasteiger partial charge in [0.25, 0.3) is 0 Å². The third kappa shape index (κ3) is 6.26. The van der Waals surface area contributed by atoms with Crippen LogP contribution < -0.4 is 4.74 Å². The van der Waals surface area contributed by atoms with Crippen molar-refractivity contribution in [3.05, 3.63) is 57.6 Å². The number of nitriles is 1. The van der Waals surface area contributed by atoms with Crippen LogP contribution in [0, 0.1) is 18.3 Å². The maximum absolute atomic E-state index is 11.0. The minimum Gasteiger partial charge on any atom is -0.507 e. The van der Waals surface area contributed by atoms with E-state index < -0.39 is 0 Å². The molecule has 2 rings (SSSR count). The Balaban J connectivity index is 2.58. The number of nitrogens with zero attached hydrogens (tertiary/aromatic N) is 1. The summed E-state index contributed by atoms with van der Waals surface area (Å²) >= 11 is 0. The predicted octanol–water partition coefficient (Wildman–Crippen LogP) is 7.13. The summed E-state index contributed by atoms with van der Waals surface area (Å²) in [7, 11) is 0. The Morgan fingerprint density at radius 2 is 1.45 bits per heavy atom. The number of aryl methyl sites for hydroxylation is 2. The fourth-order valence-electron chi connectivity index (χ4n) is 3.75. The topological polar surface area (TPSA) is 53.2 Å². The lowest BCUT2D eigenvalue weighted by atomic mass is 9.82. The van der Waals surface area contributed by atoms with E-state index in [9.17, 15) is 5.11 Å². The van der Waals surface area contributed by atoms with Crippen molar-refractivity contribution in [3.8, 4) is 17.6 Å². The number of rotatable bonds is 7. The summed E-state index contributed by atoms with van der Waals surface area (Å²) in [4.78, 5) is 0. The number of benzene rings is 2. The van der Waals surface area contributed by atoms with Gasteiger partial charge < -0.3 is 9.84 Å². The molecule has 168 valence electrons. The molecule has 0 amide bonds. The van der Waals surface area contributed by atoms with Crippen LogP contribution in [-0.2, 0) is 23.7 Å². The molecule has 1 N–H and O–H groups in total. The summed E-state index contributed by atoms with van der Waals surface area (Å²) in [5, 5.41) is 19.8. The molecule has 2 aromatic carbocycles. The standard InChI is InChI=1S/C28H39NO2/c1-9-20-16-24(28(6,7)8)17-21(25(20)30)15-22-18-23(27(3,4)5)14-19(2)26(22)31-13-11-10-12-29/h14,16-18,30H,9-11,13,15H2,1-8H3. The number of ether oxygens (including phenoxy) is 1. The van der Waals surface area contributed by atoms with Crippen molar-refractivity contribution in [2.75, 3.05) is 6.61 Å². The Labute approximate surface area is 189 Å². The molecule has 0 aliphatic heterocycles. The van der Waals surface area contributed by atoms with Gasteiger partial charge in [-0.15, -0.1) is 0 Å². The largest absolute Gasteiger partial charge is 0.507 e. The van der Waals surface area contributed by atoms with Crippen LogP contribution in [0.25, 0.3) is 0 Å². The molecule has 0 aromatic heterocycles. The Hall–Kier alpha value is -2.47. The summed E-state index contributed by atoms with van der Waals surface area (Å²) in [5.74, 6) is 1.27. The monoisotopic (exact) mass is 421 g/mol. The zero-order valence-electron chi connectivity index (χ0n) is 20.6. The molecule has 0 aliphatic carbocycles. The highest BCUT2D eigenvalue weighted by atomic mass is 16.5. The molecule has 0 atom stereocenters. The first-order chi connectivity index (χ1) is 14.4. The summed E-state index contributed by atoms with van der Waals surface area (Å²) in [6.45, 7) is 17.9. The lowest BCUT2D eigenvalue weighted by Gasteiger charge is -2.25. The minimum atomic E-state index is 0.00612. The zero-order valence-corrected chi connectivity index (χ0v) is 20.6. The minimum absolute atomic E-state index is 0.00612. The number of phenols is 1. The second-order valence-electron chi connectivity index (χ2n) is 10.6. The first-order valence-electron chi connectivity index (χ1n) is 11.4. The van der Waals surface area contributed by atoms with Gasteiger partial charge >= 0.3 is 0 Å². The van der Waals surface area contributed by atoms with Crippen molar-refractivity contribution in [1.82, 2.24) is 0 Å². The smallest absolute Gasteiger partial charge is 0.125 e. The van der Waals surface area contributed by atoms with Crippen molar-refractivity contribution in [3.63, 3.8) is 0 Å². The molecule has 0 bridgehead atoms. The maximum atomic E-state index is 11.0. The molecule has 0 saturated carbocycles. The van der Waals surface area contributed by atoms with E-state index in [1.165, 1.54) is 11.1 Å². The molecule has 0 heterocycles. The van der Waals surface area contributed by atoms with Crippen LogP contribution in [0.5, 0.6) is 11.5 Å². The van der Waals surface area contributed by atoms with Crippen molar-refractivity contribution >= 4 is 0 Å². The van der Waals surface area contributed by atoms with E-state index in [2.05, 4.69) is 85.7 Å². The van der Waals surface area contributed by atoms with Gasteiger partial charge in [-0.2, -0.15) is 5.26 Å². The molecule has 0 aliphatic rings. The van der Waals surface area contributed by atoms with E-state index >= 15 is 0 Å². The molecule has 31 heavy (non-hydrogen) atoms. The highest BCUT2D eigenvalue weighted by Crippen LogP contribution is 2.37. The molecular weight excluding hydrogens is 382 g/mol. The van der Waals surface area contributed by atoms with E-state index in [1.807, 2.05) is 0 Å². The Kier molecular flexibility index (Phi) is 7.82. The third-order valence-corrected chi connectivity index (χ3v) is 5.79. The lowest BCUT2D eigenvalue weighted by molar-refractivity contribution is 0.307. The second-order valence-corrected chi connectivity index (χ2v) is 10.6. The average Bonchev–Trinajstić information content (AvgIpc) is 2.66. The summed E-state index contributed by atoms with van der Waals surface area (Å²) in [6.07, 6.45) is 2.60. The molecule has 2 aromatic rings. The molecular formula is C28H39NO2. The molecule has 0 fully saturated rings. The summed E-state index contributed by atoms with van der Waals surface area (Å²) < 4.78 is 6.17. The first-order valence-corrected chi connectivity index (χ1v) is 11.4. The first kappa shape index (κ1) is 24.8. The number of aromatic hydroxyl groups is 1. The fourth-order valence-corrected chi connectivity index (χ4v) is 3.75. The number of hydrogen-bond donors (Lipinski definition) is 1. The van der Waals surface area contributed by atoms with Crippen LogP contribution in [0.2, 0.25) is 0 Å². The van der Waals surface area contributed by atoms with Crippen LogP contribution in [0.15, 0.2) is 24.3 Å². The van der Waals surface area contributed by atoms with Gasteiger partial charge in [0, 0.05) is 12.8 Å². The highest BCUT2D eigenvalue weighted by molar-refractivity contribution is 5.52. The van der Waals surface area contributed by atoms with E-state index in [4.69, 9.17) is 10.00 Å². The van der Waals surface area contributed by atoms with Crippen molar-refractivity contribution in [1.29, 1.82) is 5.26 Å². The summed E-state index contributed by atoms with van der Waals surface area (Å²) in [6, 6.07) is 10.9. The van der Waals surface area contributed by atoms with Gasteiger partial charge in [0.2, 0.25) is 0 Å². The molecule has 0 spiro atoms. The Morgan fingerprint density at radius 3 is 2.00 bits per heavy atom. The zero-order chi connectivity index (χ0) is 23.4. The number of hydrogen-bond acceptors (Lipinski definition) is 3. The average molecular weight is 422 g/mol. The quantitative estimate of drug-likeness (QED) is 0.484. The lowest BCUT2D eigenvalue weighted by Crippen LogP contribution is -2.14. The van der Waals surface area contributed by atoms with Gasteiger partial charge in [0.1, 0.15) is 11.5 Å². The fraction of sp³-hybridized carbons (Fsp3) is 0.536. The van der Waals surface area contributed by atoms with E-state index in [0.29, 0.717) is 31.6 Å². The van der Waals surface area contributed by atoms with Gasteiger partial charge in [-0.05, 0) is 64.0 Å². The highest BCUT2D eigenvalue weighted by Gasteiger charge is 2.22. The number of phenolic OH excluding ortho intramolecular Hbond substituents is 1. The van der Waals surface area contributed by atoms with Crippen LogP contribution in [0.4, 0.5) is 0 Å². The van der Waals surface area contributed by atoms with Gasteiger partial charge in [0.05, 0.1) is 12.7 Å². The van der Waals surface area contributed by atoms with Crippen LogP contribution in [0.3, 0.4) is 0 Å². The molecule has 3 heteroatoms. The normalized spacial score (nSPS) is 12.0. The van der Waals surface area contributed by atoms with E-state index in [1.54, 1.807) is 0 Å². The molecule has 0 unspecified atom stereocenters. The van der Waals surface area contributed by atoms with Gasteiger partial charge in [-0.1, -0.05) is 72.7 Å². The number of unbranched alkanes of at least 4 members (excludes halogenated alkanes) is 1. The Bertz CT molecular complexity index is 953. The molecule has 3 nitrogen and oxygen atoms in total. The third-order valence-electron chi connectivity index (χ3n) is 5.79. The molecule has 0 radical (unpaired) electrons.